The molecular formula is C22H23N3O6. The number of nitro groups is 1. The Balaban J connectivity index is 2.10. The highest BCUT2D eigenvalue weighted by molar-refractivity contribution is 6.45. The second-order valence-electron chi connectivity index (χ2n) is 6.93. The molecule has 0 atom stereocenters. The Labute approximate surface area is 179 Å². The van der Waals surface area contributed by atoms with Gasteiger partial charge in [0, 0.05) is 25.7 Å². The summed E-state index contributed by atoms with van der Waals surface area (Å²) in [6, 6.07) is 12.2. The van der Waals surface area contributed by atoms with Crippen LogP contribution in [0.3, 0.4) is 0 Å². The van der Waals surface area contributed by atoms with Gasteiger partial charge in [0.25, 0.3) is 17.5 Å². The molecule has 0 saturated heterocycles. The molecule has 1 aliphatic rings. The lowest BCUT2D eigenvalue weighted by Crippen LogP contribution is -2.35. The van der Waals surface area contributed by atoms with Crippen LogP contribution in [-0.2, 0) is 9.59 Å². The van der Waals surface area contributed by atoms with Crippen molar-refractivity contribution in [2.45, 2.75) is 13.3 Å². The molecule has 0 fully saturated rings. The van der Waals surface area contributed by atoms with E-state index in [9.17, 15) is 24.8 Å². The summed E-state index contributed by atoms with van der Waals surface area (Å²) in [5, 5.41) is 20.3. The molecule has 3 rings (SSSR count). The van der Waals surface area contributed by atoms with E-state index in [0.29, 0.717) is 23.6 Å². The van der Waals surface area contributed by atoms with E-state index in [1.807, 2.05) is 6.92 Å². The van der Waals surface area contributed by atoms with Gasteiger partial charge in [-0.1, -0.05) is 19.1 Å². The number of carbonyl (C=O) groups is 2. The van der Waals surface area contributed by atoms with Crippen molar-refractivity contribution in [3.8, 4) is 5.75 Å². The van der Waals surface area contributed by atoms with Crippen LogP contribution in [0.25, 0.3) is 5.57 Å². The van der Waals surface area contributed by atoms with Gasteiger partial charge < -0.3 is 14.7 Å². The zero-order chi connectivity index (χ0) is 22.5. The third-order valence-electron chi connectivity index (χ3n) is 4.81. The molecule has 1 N–H and O–H groups in total. The lowest BCUT2D eigenvalue weighted by atomic mass is 10.0. The summed E-state index contributed by atoms with van der Waals surface area (Å²) in [5.74, 6) is -0.715. The van der Waals surface area contributed by atoms with Crippen molar-refractivity contribution in [1.82, 2.24) is 4.90 Å². The van der Waals surface area contributed by atoms with Crippen molar-refractivity contribution in [2.24, 2.45) is 0 Å². The Morgan fingerprint density at radius 3 is 2.39 bits per heavy atom. The maximum absolute atomic E-state index is 13.4. The third kappa shape index (κ3) is 4.26. The molecule has 2 amide bonds. The van der Waals surface area contributed by atoms with Crippen molar-refractivity contribution < 1.29 is 24.4 Å². The standard InChI is InChI=1S/C22H23N3O6/c1-3-14-31-18-7-5-4-6-17(18)24-21(27)19(20(22(24)28)23(2)12-13-26)15-8-10-16(11-9-15)25(29)30/h4-11,26H,3,12-14H2,1-2H3. The van der Waals surface area contributed by atoms with Crippen molar-refractivity contribution in [3.63, 3.8) is 0 Å². The highest BCUT2D eigenvalue weighted by Crippen LogP contribution is 2.38. The first-order valence-corrected chi connectivity index (χ1v) is 9.82. The largest absolute Gasteiger partial charge is 0.491 e. The Morgan fingerprint density at radius 1 is 1.10 bits per heavy atom. The number of carbonyl (C=O) groups excluding carboxylic acids is 2. The first-order valence-electron chi connectivity index (χ1n) is 9.82. The van der Waals surface area contributed by atoms with E-state index in [0.717, 1.165) is 11.3 Å². The van der Waals surface area contributed by atoms with Crippen LogP contribution in [0.4, 0.5) is 11.4 Å². The van der Waals surface area contributed by atoms with Gasteiger partial charge in [0.15, 0.2) is 0 Å². The van der Waals surface area contributed by atoms with E-state index in [1.54, 1.807) is 31.3 Å². The van der Waals surface area contributed by atoms with Gasteiger partial charge in [-0.2, -0.15) is 0 Å². The zero-order valence-electron chi connectivity index (χ0n) is 17.3. The van der Waals surface area contributed by atoms with E-state index in [4.69, 9.17) is 4.74 Å². The predicted molar refractivity (Wildman–Crippen MR) is 114 cm³/mol. The molecule has 1 heterocycles. The van der Waals surface area contributed by atoms with Gasteiger partial charge in [-0.05, 0) is 36.2 Å². The molecule has 0 aromatic heterocycles. The second-order valence-corrected chi connectivity index (χ2v) is 6.93. The Bertz CT molecular complexity index is 1030. The summed E-state index contributed by atoms with van der Waals surface area (Å²) >= 11 is 0. The molecule has 0 radical (unpaired) electrons. The van der Waals surface area contributed by atoms with Gasteiger partial charge >= 0.3 is 0 Å². The molecule has 0 aliphatic carbocycles. The van der Waals surface area contributed by atoms with Crippen LogP contribution in [0.1, 0.15) is 18.9 Å². The zero-order valence-corrected chi connectivity index (χ0v) is 17.3. The van der Waals surface area contributed by atoms with Gasteiger partial charge in [0.1, 0.15) is 11.4 Å². The minimum absolute atomic E-state index is 0.109. The number of likely N-dealkylation sites (N-methyl/N-ethyl adjacent to an activating group) is 1. The smallest absolute Gasteiger partial charge is 0.282 e. The van der Waals surface area contributed by atoms with Crippen molar-refractivity contribution >= 4 is 28.8 Å². The van der Waals surface area contributed by atoms with Gasteiger partial charge in [-0.25, -0.2) is 4.90 Å². The molecule has 31 heavy (non-hydrogen) atoms. The minimum Gasteiger partial charge on any atom is -0.491 e. The quantitative estimate of drug-likeness (QED) is 0.373. The highest BCUT2D eigenvalue weighted by Gasteiger charge is 2.42. The molecule has 9 nitrogen and oxygen atoms in total. The first kappa shape index (κ1) is 22.0. The molecule has 2 aromatic rings. The van der Waals surface area contributed by atoms with Crippen LogP contribution < -0.4 is 9.64 Å². The lowest BCUT2D eigenvalue weighted by molar-refractivity contribution is -0.384. The first-order chi connectivity index (χ1) is 14.9. The molecule has 9 heteroatoms. The van der Waals surface area contributed by atoms with E-state index in [1.165, 1.54) is 29.2 Å². The monoisotopic (exact) mass is 425 g/mol. The maximum Gasteiger partial charge on any atom is 0.282 e. The number of non-ortho nitro benzene ring substituents is 1. The van der Waals surface area contributed by atoms with Crippen molar-refractivity contribution in [2.75, 3.05) is 31.7 Å². The summed E-state index contributed by atoms with van der Waals surface area (Å²) in [6.07, 6.45) is 0.757. The summed E-state index contributed by atoms with van der Waals surface area (Å²) < 4.78 is 5.73. The van der Waals surface area contributed by atoms with Crippen LogP contribution in [0.5, 0.6) is 5.75 Å². The summed E-state index contributed by atoms with van der Waals surface area (Å²) in [5.41, 5.74) is 0.789. The molecule has 0 spiro atoms. The summed E-state index contributed by atoms with van der Waals surface area (Å²) in [7, 11) is 1.60. The van der Waals surface area contributed by atoms with Gasteiger partial charge in [0.05, 0.1) is 29.4 Å². The molecule has 1 aliphatic heterocycles. The average Bonchev–Trinajstić information content (AvgIpc) is 3.02. The number of anilines is 1. The number of rotatable bonds is 9. The second kappa shape index (κ2) is 9.40. The molecule has 0 unspecified atom stereocenters. The minimum atomic E-state index is -0.564. The predicted octanol–water partition coefficient (Wildman–Crippen LogP) is 2.59. The molecule has 162 valence electrons. The number of nitrogens with zero attached hydrogens (tertiary/aromatic N) is 3. The Hall–Kier alpha value is -3.72. The van der Waals surface area contributed by atoms with Crippen LogP contribution in [0, 0.1) is 10.1 Å². The molecular weight excluding hydrogens is 402 g/mol. The van der Waals surface area contributed by atoms with Crippen LogP contribution >= 0.6 is 0 Å². The number of aliphatic hydroxyl groups excluding tert-OH is 1. The number of aliphatic hydroxyl groups is 1. The number of hydrogen-bond acceptors (Lipinski definition) is 7. The SMILES string of the molecule is CCCOc1ccccc1N1C(=O)C(c2ccc([N+](=O)[O-])cc2)=C(N(C)CCO)C1=O. The topological polar surface area (TPSA) is 113 Å². The van der Waals surface area contributed by atoms with Crippen LogP contribution in [0.15, 0.2) is 54.2 Å². The Kier molecular flexibility index (Phi) is 6.66. The number of nitro benzene ring substituents is 1. The molecule has 0 bridgehead atoms. The van der Waals surface area contributed by atoms with Crippen LogP contribution in [-0.4, -0.2) is 53.6 Å². The number of para-hydroxylation sites is 2. The number of ether oxygens (including phenoxy) is 1. The van der Waals surface area contributed by atoms with Crippen LogP contribution in [0.2, 0.25) is 0 Å². The van der Waals surface area contributed by atoms with Gasteiger partial charge in [0.2, 0.25) is 0 Å². The number of imide groups is 1. The van der Waals surface area contributed by atoms with Gasteiger partial charge in [-0.15, -0.1) is 0 Å². The highest BCUT2D eigenvalue weighted by atomic mass is 16.6. The van der Waals surface area contributed by atoms with Crippen molar-refractivity contribution in [3.05, 3.63) is 69.9 Å². The average molecular weight is 425 g/mol. The fourth-order valence-electron chi connectivity index (χ4n) is 3.34. The normalized spacial score (nSPS) is 13.7. The lowest BCUT2D eigenvalue weighted by Gasteiger charge is -2.21. The van der Waals surface area contributed by atoms with E-state index in [-0.39, 0.29) is 30.1 Å². The fraction of sp³-hybridized carbons (Fsp3) is 0.273. The van der Waals surface area contributed by atoms with E-state index in [2.05, 4.69) is 0 Å². The fourth-order valence-corrected chi connectivity index (χ4v) is 3.34. The molecule has 2 aromatic carbocycles. The summed E-state index contributed by atoms with van der Waals surface area (Å²) in [6.45, 7) is 2.29. The molecule has 0 saturated carbocycles. The third-order valence-corrected chi connectivity index (χ3v) is 4.81. The maximum atomic E-state index is 13.4. The van der Waals surface area contributed by atoms with Crippen molar-refractivity contribution in [1.29, 1.82) is 0 Å². The number of amides is 2. The Morgan fingerprint density at radius 2 is 1.77 bits per heavy atom. The van der Waals surface area contributed by atoms with E-state index >= 15 is 0 Å². The van der Waals surface area contributed by atoms with Gasteiger partial charge in [-0.3, -0.25) is 19.7 Å². The summed E-state index contributed by atoms with van der Waals surface area (Å²) in [4.78, 5) is 39.8. The number of hydrogen-bond donors (Lipinski definition) is 1. The number of benzene rings is 2. The van der Waals surface area contributed by atoms with E-state index < -0.39 is 16.7 Å².